The summed E-state index contributed by atoms with van der Waals surface area (Å²) in [5, 5.41) is 2.79. The topological polar surface area (TPSA) is 66.5 Å². The molecule has 0 bridgehead atoms. The number of aryl methyl sites for hydroxylation is 1. The van der Waals surface area contributed by atoms with Crippen molar-refractivity contribution in [2.75, 3.05) is 18.9 Å². The van der Waals surface area contributed by atoms with Crippen molar-refractivity contribution in [3.63, 3.8) is 0 Å². The minimum atomic E-state index is -0.200. The highest BCUT2D eigenvalue weighted by atomic mass is 32.2. The van der Waals surface area contributed by atoms with Crippen LogP contribution in [0.1, 0.15) is 48.5 Å². The molecule has 2 aromatic carbocycles. The zero-order valence-electron chi connectivity index (χ0n) is 17.5. The van der Waals surface area contributed by atoms with E-state index in [-0.39, 0.29) is 35.7 Å². The molecule has 1 saturated heterocycles. The van der Waals surface area contributed by atoms with Gasteiger partial charge in [-0.1, -0.05) is 49.7 Å². The summed E-state index contributed by atoms with van der Waals surface area (Å²) in [5.74, 6) is -0.110. The maximum Gasteiger partial charge on any atom is 0.235 e. The summed E-state index contributed by atoms with van der Waals surface area (Å²) in [4.78, 5) is 39.7. The van der Waals surface area contributed by atoms with E-state index in [0.29, 0.717) is 11.3 Å². The standard InChI is InChI=1S/C24H28N2O3S/c1-3-6-17-9-11-18(12-10-17)20(27)13-14-23(28)25-19-7-4-5-8-21(19)30-22-15-16-26(2)24(22)29/h4-5,7-12,22H,3,6,13-16H2,1-2H3,(H,25,28)/t22-/m0/s1. The fourth-order valence-corrected chi connectivity index (χ4v) is 4.67. The van der Waals surface area contributed by atoms with Crippen molar-refractivity contribution in [2.45, 2.75) is 49.2 Å². The van der Waals surface area contributed by atoms with Crippen LogP contribution in [0.2, 0.25) is 0 Å². The first-order valence-corrected chi connectivity index (χ1v) is 11.3. The van der Waals surface area contributed by atoms with Crippen LogP contribution in [0.25, 0.3) is 0 Å². The Labute approximate surface area is 182 Å². The highest BCUT2D eigenvalue weighted by Crippen LogP contribution is 2.34. The van der Waals surface area contributed by atoms with Crippen LogP contribution in [-0.2, 0) is 16.0 Å². The number of anilines is 1. The molecule has 30 heavy (non-hydrogen) atoms. The maximum absolute atomic E-state index is 12.4. The second-order valence-electron chi connectivity index (χ2n) is 7.57. The first-order valence-electron chi connectivity index (χ1n) is 10.4. The number of nitrogens with one attached hydrogen (secondary N) is 1. The highest BCUT2D eigenvalue weighted by Gasteiger charge is 2.30. The molecule has 158 valence electrons. The van der Waals surface area contributed by atoms with Gasteiger partial charge in [0.2, 0.25) is 11.8 Å². The Bertz CT molecular complexity index is 911. The van der Waals surface area contributed by atoms with Gasteiger partial charge in [0.25, 0.3) is 0 Å². The molecule has 2 aromatic rings. The second-order valence-corrected chi connectivity index (χ2v) is 8.81. The Hall–Kier alpha value is -2.60. The van der Waals surface area contributed by atoms with Gasteiger partial charge < -0.3 is 10.2 Å². The van der Waals surface area contributed by atoms with Crippen molar-refractivity contribution >= 4 is 35.0 Å². The Morgan fingerprint density at radius 1 is 1.10 bits per heavy atom. The van der Waals surface area contributed by atoms with E-state index >= 15 is 0 Å². The number of hydrogen-bond donors (Lipinski definition) is 1. The van der Waals surface area contributed by atoms with E-state index in [9.17, 15) is 14.4 Å². The molecule has 1 aliphatic heterocycles. The zero-order chi connectivity index (χ0) is 21.5. The number of rotatable bonds is 9. The first kappa shape index (κ1) is 22.1. The second kappa shape index (κ2) is 10.4. The smallest absolute Gasteiger partial charge is 0.235 e. The van der Waals surface area contributed by atoms with Crippen molar-refractivity contribution in [3.8, 4) is 0 Å². The van der Waals surface area contributed by atoms with E-state index in [2.05, 4.69) is 12.2 Å². The number of nitrogens with zero attached hydrogens (tertiary/aromatic N) is 1. The van der Waals surface area contributed by atoms with Gasteiger partial charge in [-0.25, -0.2) is 0 Å². The van der Waals surface area contributed by atoms with Crippen LogP contribution < -0.4 is 5.32 Å². The molecule has 0 radical (unpaired) electrons. The van der Waals surface area contributed by atoms with Gasteiger partial charge in [0.15, 0.2) is 5.78 Å². The Balaban J connectivity index is 1.55. The number of likely N-dealkylation sites (tertiary alicyclic amines) is 1. The van der Waals surface area contributed by atoms with Crippen molar-refractivity contribution in [1.82, 2.24) is 4.90 Å². The summed E-state index contributed by atoms with van der Waals surface area (Å²) in [6, 6.07) is 15.1. The van der Waals surface area contributed by atoms with Crippen LogP contribution >= 0.6 is 11.8 Å². The molecule has 0 unspecified atom stereocenters. The lowest BCUT2D eigenvalue weighted by atomic mass is 10.0. The predicted molar refractivity (Wildman–Crippen MR) is 121 cm³/mol. The zero-order valence-corrected chi connectivity index (χ0v) is 18.3. The lowest BCUT2D eigenvalue weighted by Crippen LogP contribution is -2.23. The fraction of sp³-hybridized carbons (Fsp3) is 0.375. The molecule has 1 aliphatic rings. The fourth-order valence-electron chi connectivity index (χ4n) is 3.46. The van der Waals surface area contributed by atoms with Crippen molar-refractivity contribution in [1.29, 1.82) is 0 Å². The van der Waals surface area contributed by atoms with Crippen LogP contribution in [-0.4, -0.2) is 41.3 Å². The number of amides is 2. The summed E-state index contributed by atoms with van der Waals surface area (Å²) in [5.41, 5.74) is 2.54. The molecule has 0 saturated carbocycles. The normalized spacial score (nSPS) is 16.0. The Morgan fingerprint density at radius 3 is 2.50 bits per heavy atom. The van der Waals surface area contributed by atoms with Gasteiger partial charge in [0.05, 0.1) is 10.9 Å². The monoisotopic (exact) mass is 424 g/mol. The summed E-state index contributed by atoms with van der Waals surface area (Å²) in [6.45, 7) is 2.88. The van der Waals surface area contributed by atoms with E-state index in [1.807, 2.05) is 55.6 Å². The third-order valence-corrected chi connectivity index (χ3v) is 6.53. The number of carbonyl (C=O) groups excluding carboxylic acids is 3. The van der Waals surface area contributed by atoms with Crippen molar-refractivity contribution < 1.29 is 14.4 Å². The van der Waals surface area contributed by atoms with Gasteiger partial charge in [-0.2, -0.15) is 0 Å². The molecule has 3 rings (SSSR count). The summed E-state index contributed by atoms with van der Waals surface area (Å²) >= 11 is 1.49. The molecule has 6 heteroatoms. The number of thioether (sulfide) groups is 1. The summed E-state index contributed by atoms with van der Waals surface area (Å²) in [6.07, 6.45) is 3.16. The molecule has 2 amide bonds. The van der Waals surface area contributed by atoms with Gasteiger partial charge in [-0.05, 0) is 30.5 Å². The van der Waals surface area contributed by atoms with E-state index in [4.69, 9.17) is 0 Å². The van der Waals surface area contributed by atoms with Gasteiger partial charge in [-0.3, -0.25) is 14.4 Å². The van der Waals surface area contributed by atoms with E-state index in [1.165, 1.54) is 17.3 Å². The molecule has 0 spiro atoms. The van der Waals surface area contributed by atoms with Gasteiger partial charge >= 0.3 is 0 Å². The van der Waals surface area contributed by atoms with Crippen molar-refractivity contribution in [3.05, 3.63) is 59.7 Å². The molecular formula is C24H28N2O3S. The predicted octanol–water partition coefficient (Wildman–Crippen LogP) is 4.56. The first-order chi connectivity index (χ1) is 14.5. The summed E-state index contributed by atoms with van der Waals surface area (Å²) < 4.78 is 0. The van der Waals surface area contributed by atoms with Crippen LogP contribution in [0.15, 0.2) is 53.4 Å². The van der Waals surface area contributed by atoms with Crippen molar-refractivity contribution in [2.24, 2.45) is 0 Å². The molecular weight excluding hydrogens is 396 g/mol. The molecule has 0 aliphatic carbocycles. The highest BCUT2D eigenvalue weighted by molar-refractivity contribution is 8.00. The average Bonchev–Trinajstić information content (AvgIpc) is 3.06. The molecule has 1 heterocycles. The molecule has 1 N–H and O–H groups in total. The van der Waals surface area contributed by atoms with Crippen LogP contribution in [0.5, 0.6) is 0 Å². The van der Waals surface area contributed by atoms with E-state index in [1.54, 1.807) is 4.90 Å². The lowest BCUT2D eigenvalue weighted by Gasteiger charge is -2.14. The minimum absolute atomic E-state index is 0.0320. The molecule has 1 fully saturated rings. The lowest BCUT2D eigenvalue weighted by molar-refractivity contribution is -0.126. The van der Waals surface area contributed by atoms with Crippen LogP contribution in [0.3, 0.4) is 0 Å². The average molecular weight is 425 g/mol. The summed E-state index contributed by atoms with van der Waals surface area (Å²) in [7, 11) is 1.81. The maximum atomic E-state index is 12.4. The van der Waals surface area contributed by atoms with Gasteiger partial charge in [0, 0.05) is 36.9 Å². The van der Waals surface area contributed by atoms with E-state index < -0.39 is 0 Å². The third-order valence-electron chi connectivity index (χ3n) is 5.20. The number of Topliss-reactive ketones (excluding diaryl/α,β-unsaturated/α-hetero) is 1. The number of ketones is 1. The number of carbonyl (C=O) groups is 3. The van der Waals surface area contributed by atoms with Gasteiger partial charge in [-0.15, -0.1) is 11.8 Å². The van der Waals surface area contributed by atoms with Gasteiger partial charge in [0.1, 0.15) is 0 Å². The number of hydrogen-bond acceptors (Lipinski definition) is 4. The number of benzene rings is 2. The quantitative estimate of drug-likeness (QED) is 0.599. The van der Waals surface area contributed by atoms with Crippen LogP contribution in [0.4, 0.5) is 5.69 Å². The largest absolute Gasteiger partial charge is 0.345 e. The molecule has 1 atom stereocenters. The number of para-hydroxylation sites is 1. The molecule has 5 nitrogen and oxygen atoms in total. The SMILES string of the molecule is CCCc1ccc(C(=O)CCC(=O)Nc2ccccc2S[C@H]2CCN(C)C2=O)cc1. The van der Waals surface area contributed by atoms with E-state index in [0.717, 1.165) is 30.7 Å². The Morgan fingerprint density at radius 2 is 1.83 bits per heavy atom. The molecule has 0 aromatic heterocycles. The third kappa shape index (κ3) is 5.72. The Kier molecular flexibility index (Phi) is 7.69. The van der Waals surface area contributed by atoms with Crippen LogP contribution in [0, 0.1) is 0 Å². The minimum Gasteiger partial charge on any atom is -0.345 e.